The fourth-order valence-corrected chi connectivity index (χ4v) is 3.22. The molecule has 3 rings (SSSR count). The van der Waals surface area contributed by atoms with Crippen LogP contribution in [-0.4, -0.2) is 37.6 Å². The number of nitrogens with zero attached hydrogens (tertiary/aromatic N) is 1. The van der Waals surface area contributed by atoms with Crippen LogP contribution in [0.1, 0.15) is 22.0 Å². The zero-order chi connectivity index (χ0) is 17.1. The summed E-state index contributed by atoms with van der Waals surface area (Å²) in [6, 6.07) is 12.9. The number of carbonyl (C=O) groups is 1. The number of carbonyl (C=O) groups excluding carboxylic acids is 1. The molecule has 2 aromatic carbocycles. The van der Waals surface area contributed by atoms with Crippen LogP contribution < -0.4 is 4.74 Å². The predicted molar refractivity (Wildman–Crippen MR) is 96.7 cm³/mol. The van der Waals surface area contributed by atoms with E-state index in [9.17, 15) is 4.79 Å². The van der Waals surface area contributed by atoms with Crippen molar-refractivity contribution in [2.45, 2.75) is 6.10 Å². The second-order valence-electron chi connectivity index (χ2n) is 5.51. The van der Waals surface area contributed by atoms with E-state index in [-0.39, 0.29) is 12.0 Å². The highest BCUT2D eigenvalue weighted by atomic mass is 79.9. The molecule has 0 spiro atoms. The molecule has 2 aromatic rings. The third kappa shape index (κ3) is 3.74. The molecule has 1 unspecified atom stereocenters. The normalized spacial score (nSPS) is 17.6. The Hall–Kier alpha value is -1.56. The minimum atomic E-state index is -0.149. The molecule has 1 saturated heterocycles. The van der Waals surface area contributed by atoms with Gasteiger partial charge < -0.3 is 14.4 Å². The molecule has 1 amide bonds. The summed E-state index contributed by atoms with van der Waals surface area (Å²) >= 11 is 9.38. The van der Waals surface area contributed by atoms with Crippen molar-refractivity contribution in [2.24, 2.45) is 0 Å². The van der Waals surface area contributed by atoms with E-state index in [1.807, 2.05) is 41.3 Å². The lowest BCUT2D eigenvalue weighted by molar-refractivity contribution is -0.0228. The minimum absolute atomic E-state index is 0.0389. The van der Waals surface area contributed by atoms with E-state index >= 15 is 0 Å². The summed E-state index contributed by atoms with van der Waals surface area (Å²) in [5.41, 5.74) is 1.60. The second kappa shape index (κ2) is 7.55. The van der Waals surface area contributed by atoms with E-state index in [1.165, 1.54) is 0 Å². The predicted octanol–water partition coefficient (Wildman–Crippen LogP) is 4.32. The number of hydrogen-bond donors (Lipinski definition) is 0. The molecular weight excluding hydrogens is 394 g/mol. The van der Waals surface area contributed by atoms with E-state index in [4.69, 9.17) is 21.1 Å². The summed E-state index contributed by atoms with van der Waals surface area (Å²) in [7, 11) is 1.59. The number of rotatable bonds is 3. The Labute approximate surface area is 154 Å². The first kappa shape index (κ1) is 17.3. The maximum Gasteiger partial charge on any atom is 0.255 e. The highest BCUT2D eigenvalue weighted by molar-refractivity contribution is 9.10. The number of benzene rings is 2. The zero-order valence-corrected chi connectivity index (χ0v) is 15.5. The van der Waals surface area contributed by atoms with Gasteiger partial charge in [-0.15, -0.1) is 0 Å². The van der Waals surface area contributed by atoms with Crippen molar-refractivity contribution in [1.82, 2.24) is 4.90 Å². The first-order chi connectivity index (χ1) is 11.6. The Morgan fingerprint density at radius 3 is 2.75 bits per heavy atom. The molecule has 4 nitrogen and oxygen atoms in total. The fourth-order valence-electron chi connectivity index (χ4n) is 2.68. The molecule has 1 aliphatic rings. The summed E-state index contributed by atoms with van der Waals surface area (Å²) in [6.45, 7) is 1.57. The highest BCUT2D eigenvalue weighted by Crippen LogP contribution is 2.28. The highest BCUT2D eigenvalue weighted by Gasteiger charge is 2.27. The molecule has 0 bridgehead atoms. The lowest BCUT2D eigenvalue weighted by Gasteiger charge is -2.33. The van der Waals surface area contributed by atoms with Gasteiger partial charge in [-0.1, -0.05) is 23.7 Å². The van der Waals surface area contributed by atoms with E-state index in [2.05, 4.69) is 15.9 Å². The van der Waals surface area contributed by atoms with Crippen LogP contribution in [-0.2, 0) is 4.74 Å². The Kier molecular flexibility index (Phi) is 5.43. The molecule has 0 saturated carbocycles. The molecule has 0 N–H and O–H groups in total. The molecule has 1 heterocycles. The van der Waals surface area contributed by atoms with Crippen LogP contribution in [0.3, 0.4) is 0 Å². The van der Waals surface area contributed by atoms with Gasteiger partial charge in [0.1, 0.15) is 11.9 Å². The molecule has 1 aliphatic heterocycles. The molecule has 6 heteroatoms. The first-order valence-electron chi connectivity index (χ1n) is 7.58. The van der Waals surface area contributed by atoms with E-state index in [0.29, 0.717) is 36.0 Å². The monoisotopic (exact) mass is 409 g/mol. The average molecular weight is 411 g/mol. The third-order valence-electron chi connectivity index (χ3n) is 4.00. The molecule has 1 fully saturated rings. The van der Waals surface area contributed by atoms with Gasteiger partial charge in [0.15, 0.2) is 0 Å². The van der Waals surface area contributed by atoms with Gasteiger partial charge in [0.05, 0.1) is 25.8 Å². The Morgan fingerprint density at radius 1 is 1.29 bits per heavy atom. The molecule has 0 radical (unpaired) electrons. The Morgan fingerprint density at radius 2 is 2.04 bits per heavy atom. The third-order valence-corrected chi connectivity index (χ3v) is 4.94. The van der Waals surface area contributed by atoms with Crippen molar-refractivity contribution in [3.8, 4) is 5.75 Å². The molecule has 1 atom stereocenters. The second-order valence-corrected chi connectivity index (χ2v) is 6.80. The summed E-state index contributed by atoms with van der Waals surface area (Å²) in [4.78, 5) is 14.7. The van der Waals surface area contributed by atoms with Gasteiger partial charge in [0, 0.05) is 16.0 Å². The Bertz CT molecular complexity index is 736. The van der Waals surface area contributed by atoms with Crippen LogP contribution in [0.25, 0.3) is 0 Å². The maximum atomic E-state index is 12.9. The lowest BCUT2D eigenvalue weighted by Crippen LogP contribution is -2.42. The van der Waals surface area contributed by atoms with Crippen molar-refractivity contribution >= 4 is 33.4 Å². The van der Waals surface area contributed by atoms with E-state index < -0.39 is 0 Å². The van der Waals surface area contributed by atoms with E-state index in [1.54, 1.807) is 13.2 Å². The van der Waals surface area contributed by atoms with Gasteiger partial charge in [0.2, 0.25) is 0 Å². The summed E-state index contributed by atoms with van der Waals surface area (Å²) in [5.74, 6) is 0.618. The number of methoxy groups -OCH3 is 1. The molecule has 0 aliphatic carbocycles. The summed E-state index contributed by atoms with van der Waals surface area (Å²) < 4.78 is 11.8. The van der Waals surface area contributed by atoms with Crippen LogP contribution in [0.4, 0.5) is 0 Å². The van der Waals surface area contributed by atoms with Gasteiger partial charge in [-0.2, -0.15) is 0 Å². The number of morpholine rings is 1. The van der Waals surface area contributed by atoms with Gasteiger partial charge >= 0.3 is 0 Å². The van der Waals surface area contributed by atoms with Crippen LogP contribution >= 0.6 is 27.5 Å². The molecule has 126 valence electrons. The Balaban J connectivity index is 1.79. The van der Waals surface area contributed by atoms with Crippen LogP contribution in [0.15, 0.2) is 46.9 Å². The number of halogens is 2. The van der Waals surface area contributed by atoms with Gasteiger partial charge in [-0.3, -0.25) is 4.79 Å². The van der Waals surface area contributed by atoms with Crippen molar-refractivity contribution in [2.75, 3.05) is 26.8 Å². The number of ether oxygens (including phenoxy) is 2. The zero-order valence-electron chi connectivity index (χ0n) is 13.2. The SMILES string of the molecule is COc1ccc(Br)c(C(=O)N2CCOC(c3ccc(Cl)cc3)C2)c1. The number of hydrogen-bond acceptors (Lipinski definition) is 3. The quantitative estimate of drug-likeness (QED) is 0.756. The molecule has 24 heavy (non-hydrogen) atoms. The molecule has 0 aromatic heterocycles. The lowest BCUT2D eigenvalue weighted by atomic mass is 10.1. The molecular formula is C18H17BrClNO3. The summed E-state index contributed by atoms with van der Waals surface area (Å²) in [5, 5.41) is 0.683. The van der Waals surface area contributed by atoms with Crippen LogP contribution in [0, 0.1) is 0 Å². The van der Waals surface area contributed by atoms with Gasteiger partial charge in [-0.25, -0.2) is 0 Å². The topological polar surface area (TPSA) is 38.8 Å². The maximum absolute atomic E-state index is 12.9. The first-order valence-corrected chi connectivity index (χ1v) is 8.75. The van der Waals surface area contributed by atoms with Gasteiger partial charge in [0.25, 0.3) is 5.91 Å². The van der Waals surface area contributed by atoms with Crippen molar-refractivity contribution < 1.29 is 14.3 Å². The van der Waals surface area contributed by atoms with E-state index in [0.717, 1.165) is 10.0 Å². The fraction of sp³-hybridized carbons (Fsp3) is 0.278. The average Bonchev–Trinajstić information content (AvgIpc) is 2.62. The van der Waals surface area contributed by atoms with Crippen molar-refractivity contribution in [3.63, 3.8) is 0 Å². The minimum Gasteiger partial charge on any atom is -0.497 e. The van der Waals surface area contributed by atoms with Crippen molar-refractivity contribution in [1.29, 1.82) is 0 Å². The standard InChI is InChI=1S/C18H17BrClNO3/c1-23-14-6-7-16(19)15(10-14)18(22)21-8-9-24-17(11-21)12-2-4-13(20)5-3-12/h2-7,10,17H,8-9,11H2,1H3. The summed E-state index contributed by atoms with van der Waals surface area (Å²) in [6.07, 6.45) is -0.149. The van der Waals surface area contributed by atoms with Crippen LogP contribution in [0.5, 0.6) is 5.75 Å². The smallest absolute Gasteiger partial charge is 0.255 e. The van der Waals surface area contributed by atoms with Crippen molar-refractivity contribution in [3.05, 3.63) is 63.1 Å². The van der Waals surface area contributed by atoms with Gasteiger partial charge in [-0.05, 0) is 51.8 Å². The van der Waals surface area contributed by atoms with Crippen LogP contribution in [0.2, 0.25) is 5.02 Å². The number of amides is 1. The largest absolute Gasteiger partial charge is 0.497 e.